The van der Waals surface area contributed by atoms with E-state index in [0.717, 1.165) is 19.0 Å². The summed E-state index contributed by atoms with van der Waals surface area (Å²) < 4.78 is 0. The number of rotatable bonds is 3. The van der Waals surface area contributed by atoms with Crippen molar-refractivity contribution in [2.45, 2.75) is 32.6 Å². The first-order valence-electron chi connectivity index (χ1n) is 4.96. The lowest BCUT2D eigenvalue weighted by atomic mass is 9.94. The Balaban J connectivity index is 2.26. The third-order valence-electron chi connectivity index (χ3n) is 2.59. The van der Waals surface area contributed by atoms with Crippen molar-refractivity contribution in [2.75, 3.05) is 19.6 Å². The number of hydrogen-bond acceptors (Lipinski definition) is 2. The fraction of sp³-hybridized carbons (Fsp3) is 0.900. The summed E-state index contributed by atoms with van der Waals surface area (Å²) in [6.45, 7) is 5.15. The van der Waals surface area contributed by atoms with Crippen LogP contribution in [0.5, 0.6) is 0 Å². The number of hydrogen-bond donors (Lipinski definition) is 0. The summed E-state index contributed by atoms with van der Waals surface area (Å²) in [5.41, 5.74) is 0. The molecule has 1 aliphatic rings. The van der Waals surface area contributed by atoms with Gasteiger partial charge in [-0.25, -0.2) is 0 Å². The second-order valence-corrected chi connectivity index (χ2v) is 3.69. The van der Waals surface area contributed by atoms with Gasteiger partial charge in [0.25, 0.3) is 0 Å². The maximum Gasteiger partial charge on any atom is 0.0866 e. The largest absolute Gasteiger partial charge is 0.290 e. The lowest BCUT2D eigenvalue weighted by molar-refractivity contribution is 0.185. The lowest BCUT2D eigenvalue weighted by Crippen LogP contribution is -2.35. The van der Waals surface area contributed by atoms with Crippen molar-refractivity contribution in [1.82, 2.24) is 4.90 Å². The fourth-order valence-electron chi connectivity index (χ4n) is 2.04. The number of nitriles is 1. The molecular formula is C10H18N2. The van der Waals surface area contributed by atoms with Gasteiger partial charge in [-0.1, -0.05) is 13.3 Å². The summed E-state index contributed by atoms with van der Waals surface area (Å²) in [6, 6.07) is 2.23. The maximum atomic E-state index is 8.54. The highest BCUT2D eigenvalue weighted by atomic mass is 15.1. The van der Waals surface area contributed by atoms with E-state index in [1.54, 1.807) is 0 Å². The van der Waals surface area contributed by atoms with Crippen molar-refractivity contribution in [2.24, 2.45) is 5.92 Å². The number of piperidine rings is 1. The van der Waals surface area contributed by atoms with Gasteiger partial charge in [-0.15, -0.1) is 0 Å². The topological polar surface area (TPSA) is 27.0 Å². The summed E-state index contributed by atoms with van der Waals surface area (Å²) in [4.78, 5) is 2.28. The smallest absolute Gasteiger partial charge is 0.0866 e. The zero-order valence-electron chi connectivity index (χ0n) is 7.92. The molecule has 1 saturated heterocycles. The highest BCUT2D eigenvalue weighted by Crippen LogP contribution is 2.20. The van der Waals surface area contributed by atoms with Gasteiger partial charge in [0.05, 0.1) is 12.6 Å². The Morgan fingerprint density at radius 1 is 1.58 bits per heavy atom. The molecule has 1 heterocycles. The van der Waals surface area contributed by atoms with Gasteiger partial charge in [-0.2, -0.15) is 5.26 Å². The van der Waals surface area contributed by atoms with Crippen LogP contribution in [0.25, 0.3) is 0 Å². The zero-order chi connectivity index (χ0) is 8.81. The summed E-state index contributed by atoms with van der Waals surface area (Å²) in [7, 11) is 0. The van der Waals surface area contributed by atoms with Crippen LogP contribution in [0.4, 0.5) is 0 Å². The van der Waals surface area contributed by atoms with E-state index >= 15 is 0 Å². The average molecular weight is 166 g/mol. The van der Waals surface area contributed by atoms with Gasteiger partial charge in [0.1, 0.15) is 0 Å². The van der Waals surface area contributed by atoms with Crippen molar-refractivity contribution in [3.8, 4) is 6.07 Å². The van der Waals surface area contributed by atoms with Crippen LogP contribution >= 0.6 is 0 Å². The molecule has 12 heavy (non-hydrogen) atoms. The molecular weight excluding hydrogens is 148 g/mol. The second-order valence-electron chi connectivity index (χ2n) is 3.69. The Hall–Kier alpha value is -0.550. The van der Waals surface area contributed by atoms with E-state index < -0.39 is 0 Å². The van der Waals surface area contributed by atoms with Crippen LogP contribution in [-0.4, -0.2) is 24.5 Å². The Labute approximate surface area is 75.2 Å². The number of likely N-dealkylation sites (tertiary alicyclic amines) is 1. The Morgan fingerprint density at radius 2 is 2.42 bits per heavy atom. The standard InChI is InChI=1S/C10H18N2/c1-2-4-10-5-3-7-12(9-10)8-6-11/h10H,2-5,7-9H2,1H3. The van der Waals surface area contributed by atoms with Gasteiger partial charge >= 0.3 is 0 Å². The molecule has 1 atom stereocenters. The predicted octanol–water partition coefficient (Wildman–Crippen LogP) is 2.02. The average Bonchev–Trinajstić information content (AvgIpc) is 2.06. The predicted molar refractivity (Wildman–Crippen MR) is 49.7 cm³/mol. The molecule has 68 valence electrons. The van der Waals surface area contributed by atoms with Crippen LogP contribution in [0.15, 0.2) is 0 Å². The quantitative estimate of drug-likeness (QED) is 0.600. The molecule has 0 N–H and O–H groups in total. The SMILES string of the molecule is CCCC1CCCN(CC#N)C1. The van der Waals surface area contributed by atoms with E-state index in [2.05, 4.69) is 17.9 Å². The molecule has 1 fully saturated rings. The monoisotopic (exact) mass is 166 g/mol. The van der Waals surface area contributed by atoms with Gasteiger partial charge in [0, 0.05) is 6.54 Å². The van der Waals surface area contributed by atoms with Crippen LogP contribution < -0.4 is 0 Å². The highest BCUT2D eigenvalue weighted by molar-refractivity contribution is 4.81. The highest BCUT2D eigenvalue weighted by Gasteiger charge is 2.18. The molecule has 1 rings (SSSR count). The third kappa shape index (κ3) is 2.83. The summed E-state index contributed by atoms with van der Waals surface area (Å²) in [6.07, 6.45) is 5.27. The van der Waals surface area contributed by atoms with E-state index in [4.69, 9.17) is 5.26 Å². The van der Waals surface area contributed by atoms with Crippen molar-refractivity contribution in [1.29, 1.82) is 5.26 Å². The van der Waals surface area contributed by atoms with Gasteiger partial charge < -0.3 is 0 Å². The van der Waals surface area contributed by atoms with Crippen LogP contribution in [0.2, 0.25) is 0 Å². The summed E-state index contributed by atoms with van der Waals surface area (Å²) in [5, 5.41) is 8.54. The fourth-order valence-corrected chi connectivity index (χ4v) is 2.04. The second kappa shape index (κ2) is 5.16. The van der Waals surface area contributed by atoms with E-state index in [9.17, 15) is 0 Å². The molecule has 2 heteroatoms. The first kappa shape index (κ1) is 9.54. The first-order chi connectivity index (χ1) is 5.86. The molecule has 0 radical (unpaired) electrons. The minimum absolute atomic E-state index is 0.625. The molecule has 0 spiro atoms. The molecule has 2 nitrogen and oxygen atoms in total. The minimum atomic E-state index is 0.625. The Bertz CT molecular complexity index is 158. The molecule has 0 bridgehead atoms. The van der Waals surface area contributed by atoms with Crippen LogP contribution in [0.3, 0.4) is 0 Å². The van der Waals surface area contributed by atoms with E-state index in [1.807, 2.05) is 0 Å². The lowest BCUT2D eigenvalue weighted by Gasteiger charge is -2.30. The molecule has 1 unspecified atom stereocenters. The zero-order valence-corrected chi connectivity index (χ0v) is 7.92. The normalized spacial score (nSPS) is 25.2. The van der Waals surface area contributed by atoms with Gasteiger partial charge in [-0.05, 0) is 31.7 Å². The summed E-state index contributed by atoms with van der Waals surface area (Å²) in [5.74, 6) is 0.858. The van der Waals surface area contributed by atoms with Crippen LogP contribution in [0.1, 0.15) is 32.6 Å². The third-order valence-corrected chi connectivity index (χ3v) is 2.59. The molecule has 0 aromatic carbocycles. The Morgan fingerprint density at radius 3 is 3.08 bits per heavy atom. The number of nitrogens with zero attached hydrogens (tertiary/aromatic N) is 2. The van der Waals surface area contributed by atoms with Gasteiger partial charge in [-0.3, -0.25) is 4.90 Å². The van der Waals surface area contributed by atoms with Crippen molar-refractivity contribution in [3.05, 3.63) is 0 Å². The van der Waals surface area contributed by atoms with Crippen molar-refractivity contribution in [3.63, 3.8) is 0 Å². The van der Waals surface area contributed by atoms with E-state index in [0.29, 0.717) is 6.54 Å². The van der Waals surface area contributed by atoms with Crippen molar-refractivity contribution < 1.29 is 0 Å². The van der Waals surface area contributed by atoms with Crippen LogP contribution in [0, 0.1) is 17.2 Å². The van der Waals surface area contributed by atoms with Crippen molar-refractivity contribution >= 4 is 0 Å². The van der Waals surface area contributed by atoms with E-state index in [1.165, 1.54) is 25.7 Å². The molecule has 1 aliphatic heterocycles. The molecule has 0 amide bonds. The minimum Gasteiger partial charge on any atom is -0.290 e. The van der Waals surface area contributed by atoms with Gasteiger partial charge in [0.15, 0.2) is 0 Å². The maximum absolute atomic E-state index is 8.54. The molecule has 0 aromatic rings. The van der Waals surface area contributed by atoms with E-state index in [-0.39, 0.29) is 0 Å². The van der Waals surface area contributed by atoms with Crippen LogP contribution in [-0.2, 0) is 0 Å². The Kier molecular flexibility index (Phi) is 4.10. The van der Waals surface area contributed by atoms with Gasteiger partial charge in [0.2, 0.25) is 0 Å². The molecule has 0 aliphatic carbocycles. The molecule has 0 saturated carbocycles. The first-order valence-corrected chi connectivity index (χ1v) is 4.96. The summed E-state index contributed by atoms with van der Waals surface area (Å²) >= 11 is 0. The molecule has 0 aromatic heterocycles.